The minimum absolute atomic E-state index is 0.0488. The number of hydrogen-bond acceptors (Lipinski definition) is 11. The second-order valence-electron chi connectivity index (χ2n) is 13.7. The van der Waals surface area contributed by atoms with E-state index in [1.54, 1.807) is 13.8 Å². The number of esters is 4. The molecule has 2 aliphatic heterocycles. The first-order valence-corrected chi connectivity index (χ1v) is 15.9. The lowest BCUT2D eigenvalue weighted by Gasteiger charge is -2.55. The van der Waals surface area contributed by atoms with Crippen molar-refractivity contribution < 1.29 is 53.1 Å². The fourth-order valence-corrected chi connectivity index (χ4v) is 7.83. The molecular weight excluding hydrogens is 572 g/mol. The van der Waals surface area contributed by atoms with Crippen LogP contribution in [0.4, 0.5) is 0 Å². The zero-order valence-electron chi connectivity index (χ0n) is 27.5. The predicted octanol–water partition coefficient (Wildman–Crippen LogP) is 3.80. The average molecular weight is 625 g/mol. The van der Waals surface area contributed by atoms with Crippen molar-refractivity contribution in [3.8, 4) is 0 Å². The molecule has 2 N–H and O–H groups in total. The summed E-state index contributed by atoms with van der Waals surface area (Å²) in [7, 11) is 0. The molecule has 0 aromatic carbocycles. The molecule has 1 saturated carbocycles. The maximum Gasteiger partial charge on any atom is 0.330 e. The van der Waals surface area contributed by atoms with Crippen LogP contribution in [0.15, 0.2) is 12.7 Å². The van der Waals surface area contributed by atoms with E-state index in [9.17, 15) is 29.4 Å². The first-order valence-electron chi connectivity index (χ1n) is 15.9. The van der Waals surface area contributed by atoms with E-state index in [2.05, 4.69) is 6.58 Å². The Morgan fingerprint density at radius 3 is 2.16 bits per heavy atom. The molecule has 250 valence electrons. The van der Waals surface area contributed by atoms with Crippen LogP contribution in [0.2, 0.25) is 0 Å². The third-order valence-corrected chi connectivity index (χ3v) is 9.68. The van der Waals surface area contributed by atoms with E-state index >= 15 is 0 Å². The summed E-state index contributed by atoms with van der Waals surface area (Å²) >= 11 is 0. The Bertz CT molecular complexity index is 1080. The number of hydrogen-bond donors (Lipinski definition) is 2. The third-order valence-electron chi connectivity index (χ3n) is 9.68. The standard InChI is InChI=1S/C33H52O11/c1-10-13-23(36)43-28-25(18(4)5)26-27(33(9,39)30(28)40-19(6)34)20-17-31(7,38)21(42-22(35)12-3)15-16-32(8,29(26)41-20)44-24(37)14-11-2/h12,18,20-21,25-30,38-39H,3,10-11,13-17H2,1-2,4-9H3. The minimum atomic E-state index is -1.80. The quantitative estimate of drug-likeness (QED) is 0.207. The second-order valence-corrected chi connectivity index (χ2v) is 13.7. The van der Waals surface area contributed by atoms with Crippen molar-refractivity contribution in [2.24, 2.45) is 23.7 Å². The van der Waals surface area contributed by atoms with Crippen LogP contribution in [0, 0.1) is 23.7 Å². The highest BCUT2D eigenvalue weighted by molar-refractivity contribution is 5.81. The van der Waals surface area contributed by atoms with Gasteiger partial charge in [0.1, 0.15) is 35.1 Å². The molecule has 0 radical (unpaired) electrons. The van der Waals surface area contributed by atoms with E-state index in [0.717, 1.165) is 6.08 Å². The van der Waals surface area contributed by atoms with Gasteiger partial charge in [-0.25, -0.2) is 4.79 Å². The van der Waals surface area contributed by atoms with Crippen molar-refractivity contribution in [1.82, 2.24) is 0 Å². The fourth-order valence-electron chi connectivity index (χ4n) is 7.83. The van der Waals surface area contributed by atoms with Gasteiger partial charge in [0.25, 0.3) is 0 Å². The van der Waals surface area contributed by atoms with Gasteiger partial charge in [-0.15, -0.1) is 0 Å². The molecule has 3 fully saturated rings. The third kappa shape index (κ3) is 7.31. The van der Waals surface area contributed by atoms with Gasteiger partial charge >= 0.3 is 23.9 Å². The number of carbonyl (C=O) groups excluding carboxylic acids is 4. The summed E-state index contributed by atoms with van der Waals surface area (Å²) in [6.07, 6.45) is -2.18. The molecule has 1 aliphatic carbocycles. The zero-order chi connectivity index (χ0) is 33.2. The molecule has 3 aliphatic rings. The van der Waals surface area contributed by atoms with Gasteiger partial charge < -0.3 is 33.9 Å². The van der Waals surface area contributed by atoms with E-state index in [0.29, 0.717) is 12.8 Å². The molecule has 0 aromatic heterocycles. The molecule has 11 heteroatoms. The van der Waals surface area contributed by atoms with Crippen LogP contribution < -0.4 is 0 Å². The summed E-state index contributed by atoms with van der Waals surface area (Å²) in [6.45, 7) is 17.2. The lowest BCUT2D eigenvalue weighted by molar-refractivity contribution is -0.243. The van der Waals surface area contributed by atoms with Crippen LogP contribution in [0.25, 0.3) is 0 Å². The molecule has 11 atom stereocenters. The van der Waals surface area contributed by atoms with Crippen molar-refractivity contribution in [3.05, 3.63) is 12.7 Å². The first kappa shape index (κ1) is 36.0. The SMILES string of the molecule is C=CC(=O)OC1CCC(C)(OC(=O)CCC)C2OC(CC1(C)O)C1C2C(C(C)C)C(OC(=O)CCC)C(OC(C)=O)C1(C)O. The Kier molecular flexibility index (Phi) is 11.3. The predicted molar refractivity (Wildman–Crippen MR) is 159 cm³/mol. The van der Waals surface area contributed by atoms with E-state index in [1.807, 2.05) is 27.7 Å². The van der Waals surface area contributed by atoms with Crippen molar-refractivity contribution in [1.29, 1.82) is 0 Å². The highest BCUT2D eigenvalue weighted by Gasteiger charge is 2.70. The van der Waals surface area contributed by atoms with Crippen molar-refractivity contribution in [2.45, 2.75) is 148 Å². The Hall–Kier alpha value is -2.50. The van der Waals surface area contributed by atoms with Crippen LogP contribution in [-0.4, -0.2) is 81.4 Å². The monoisotopic (exact) mass is 624 g/mol. The molecule has 2 heterocycles. The van der Waals surface area contributed by atoms with Gasteiger partial charge in [0.15, 0.2) is 6.10 Å². The Morgan fingerprint density at radius 2 is 1.61 bits per heavy atom. The van der Waals surface area contributed by atoms with Gasteiger partial charge in [0.2, 0.25) is 0 Å². The number of rotatable bonds is 10. The maximum atomic E-state index is 13.1. The summed E-state index contributed by atoms with van der Waals surface area (Å²) in [5.41, 5.74) is -4.69. The van der Waals surface area contributed by atoms with Gasteiger partial charge in [-0.3, -0.25) is 14.4 Å². The molecular formula is C33H52O11. The summed E-state index contributed by atoms with van der Waals surface area (Å²) in [4.78, 5) is 50.7. The Morgan fingerprint density at radius 1 is 1.00 bits per heavy atom. The van der Waals surface area contributed by atoms with Crippen molar-refractivity contribution in [2.75, 3.05) is 0 Å². The average Bonchev–Trinajstić information content (AvgIpc) is 3.28. The van der Waals surface area contributed by atoms with Crippen LogP contribution in [0.3, 0.4) is 0 Å². The van der Waals surface area contributed by atoms with Crippen LogP contribution in [-0.2, 0) is 42.9 Å². The van der Waals surface area contributed by atoms with Gasteiger partial charge in [0, 0.05) is 50.0 Å². The fraction of sp³-hybridized carbons (Fsp3) is 0.818. The number of carbonyl (C=O) groups is 4. The number of aliphatic hydroxyl groups is 2. The molecule has 11 nitrogen and oxygen atoms in total. The smallest absolute Gasteiger partial charge is 0.330 e. The Labute approximate surface area is 261 Å². The van der Waals surface area contributed by atoms with Gasteiger partial charge in [0.05, 0.1) is 6.10 Å². The molecule has 3 rings (SSSR count). The Balaban J connectivity index is 2.25. The molecule has 2 bridgehead atoms. The summed E-state index contributed by atoms with van der Waals surface area (Å²) in [5.74, 6) is -4.20. The van der Waals surface area contributed by atoms with Gasteiger partial charge in [-0.05, 0) is 52.4 Å². The first-order chi connectivity index (χ1) is 20.4. The molecule has 44 heavy (non-hydrogen) atoms. The largest absolute Gasteiger partial charge is 0.458 e. The highest BCUT2D eigenvalue weighted by atomic mass is 16.6. The second kappa shape index (κ2) is 13.9. The van der Waals surface area contributed by atoms with E-state index < -0.39 is 89.0 Å². The maximum absolute atomic E-state index is 13.1. The number of fused-ring (bicyclic) bond motifs is 5. The van der Waals surface area contributed by atoms with Crippen LogP contribution >= 0.6 is 0 Å². The van der Waals surface area contributed by atoms with E-state index in [4.69, 9.17) is 23.7 Å². The molecule has 0 aromatic rings. The van der Waals surface area contributed by atoms with Crippen molar-refractivity contribution in [3.63, 3.8) is 0 Å². The van der Waals surface area contributed by atoms with Crippen molar-refractivity contribution >= 4 is 23.9 Å². The summed E-state index contributed by atoms with van der Waals surface area (Å²) < 4.78 is 30.4. The topological polar surface area (TPSA) is 155 Å². The van der Waals surface area contributed by atoms with E-state index in [-0.39, 0.29) is 38.0 Å². The van der Waals surface area contributed by atoms with Gasteiger partial charge in [-0.1, -0.05) is 34.3 Å². The van der Waals surface area contributed by atoms with Gasteiger partial charge in [-0.2, -0.15) is 0 Å². The summed E-state index contributed by atoms with van der Waals surface area (Å²) in [5, 5.41) is 24.2. The van der Waals surface area contributed by atoms with E-state index in [1.165, 1.54) is 13.8 Å². The highest BCUT2D eigenvalue weighted by Crippen LogP contribution is 2.59. The molecule has 0 spiro atoms. The molecule has 0 amide bonds. The molecule has 11 unspecified atom stereocenters. The zero-order valence-corrected chi connectivity index (χ0v) is 27.5. The molecule has 2 saturated heterocycles. The minimum Gasteiger partial charge on any atom is -0.458 e. The normalized spacial score (nSPS) is 40.1. The lowest BCUT2D eigenvalue weighted by atomic mass is 9.55. The van der Waals surface area contributed by atoms with Crippen LogP contribution in [0.1, 0.15) is 100 Å². The number of ether oxygens (including phenoxy) is 5. The van der Waals surface area contributed by atoms with Crippen LogP contribution in [0.5, 0.6) is 0 Å². The lowest BCUT2D eigenvalue weighted by Crippen LogP contribution is -2.68. The summed E-state index contributed by atoms with van der Waals surface area (Å²) in [6, 6.07) is 0.